The van der Waals surface area contributed by atoms with E-state index in [1.165, 1.54) is 0 Å². The van der Waals surface area contributed by atoms with Gasteiger partial charge in [-0.3, -0.25) is 0 Å². The lowest BCUT2D eigenvalue weighted by Gasteiger charge is -2.06. The molecule has 1 atom stereocenters. The average Bonchev–Trinajstić information content (AvgIpc) is 1.94. The van der Waals surface area contributed by atoms with Crippen LogP contribution in [-0.2, 0) is 9.47 Å². The predicted molar refractivity (Wildman–Crippen MR) is 34.6 cm³/mol. The highest BCUT2D eigenvalue weighted by molar-refractivity contribution is 7.16. The summed E-state index contributed by atoms with van der Waals surface area (Å²) in [6.07, 6.45) is 2.26. The van der Waals surface area contributed by atoms with Crippen molar-refractivity contribution >= 4 is 9.24 Å². The Bertz CT molecular complexity index is 59.4. The maximum atomic E-state index is 5.14. The van der Waals surface area contributed by atoms with Gasteiger partial charge in [0.15, 0.2) is 6.03 Å². The smallest absolute Gasteiger partial charge is 0.170 e. The van der Waals surface area contributed by atoms with E-state index in [0.29, 0.717) is 0 Å². The van der Waals surface area contributed by atoms with Crippen LogP contribution in [0.1, 0.15) is 12.8 Å². The molecule has 0 aromatic rings. The lowest BCUT2D eigenvalue weighted by atomic mass is 10.3. The Labute approximate surface area is 51.8 Å². The van der Waals surface area contributed by atoms with E-state index in [1.54, 1.807) is 0 Å². The quantitative estimate of drug-likeness (QED) is 0.459. The Morgan fingerprint density at radius 1 is 1.12 bits per heavy atom. The molecule has 1 aliphatic heterocycles. The average molecular weight is 134 g/mol. The van der Waals surface area contributed by atoms with E-state index < -0.39 is 0 Å². The van der Waals surface area contributed by atoms with E-state index in [2.05, 4.69) is 9.24 Å². The molecular weight excluding hydrogens is 123 g/mol. The van der Waals surface area contributed by atoms with Crippen LogP contribution in [0.15, 0.2) is 0 Å². The Hall–Kier alpha value is 0.350. The van der Waals surface area contributed by atoms with Gasteiger partial charge in [-0.15, -0.1) is 0 Å². The van der Waals surface area contributed by atoms with Gasteiger partial charge < -0.3 is 9.47 Å². The van der Waals surface area contributed by atoms with E-state index in [9.17, 15) is 0 Å². The Morgan fingerprint density at radius 2 is 1.62 bits per heavy atom. The molecular formula is C5H11O2P. The van der Waals surface area contributed by atoms with Crippen LogP contribution in [-0.4, -0.2) is 19.2 Å². The van der Waals surface area contributed by atoms with Crippen molar-refractivity contribution in [3.8, 4) is 0 Å². The molecule has 0 aromatic heterocycles. The van der Waals surface area contributed by atoms with Crippen molar-refractivity contribution in [2.75, 3.05) is 13.2 Å². The van der Waals surface area contributed by atoms with Crippen LogP contribution in [0.4, 0.5) is 0 Å². The van der Waals surface area contributed by atoms with Crippen molar-refractivity contribution < 1.29 is 9.47 Å². The molecule has 0 amide bonds. The van der Waals surface area contributed by atoms with Gasteiger partial charge in [0.25, 0.3) is 0 Å². The van der Waals surface area contributed by atoms with Crippen molar-refractivity contribution in [3.05, 3.63) is 0 Å². The normalized spacial score (nSPS) is 25.1. The molecule has 48 valence electrons. The molecule has 0 saturated carbocycles. The molecule has 0 bridgehead atoms. The van der Waals surface area contributed by atoms with E-state index in [4.69, 9.17) is 9.47 Å². The van der Waals surface area contributed by atoms with E-state index >= 15 is 0 Å². The minimum atomic E-state index is -0.0579. The van der Waals surface area contributed by atoms with Crippen LogP contribution >= 0.6 is 9.24 Å². The van der Waals surface area contributed by atoms with Gasteiger partial charge in [0.1, 0.15) is 0 Å². The molecule has 0 aromatic carbocycles. The zero-order valence-electron chi connectivity index (χ0n) is 4.80. The summed E-state index contributed by atoms with van der Waals surface area (Å²) in [7, 11) is 2.49. The fraction of sp³-hybridized carbons (Fsp3) is 1.00. The van der Waals surface area contributed by atoms with Crippen molar-refractivity contribution in [2.24, 2.45) is 0 Å². The van der Waals surface area contributed by atoms with Gasteiger partial charge in [-0.1, -0.05) is 9.24 Å². The summed E-state index contributed by atoms with van der Waals surface area (Å²) in [6, 6.07) is -0.0579. The molecule has 3 heteroatoms. The van der Waals surface area contributed by atoms with Gasteiger partial charge in [0, 0.05) is 0 Å². The van der Waals surface area contributed by atoms with Crippen molar-refractivity contribution in [3.63, 3.8) is 0 Å². The zero-order valence-corrected chi connectivity index (χ0v) is 5.95. The fourth-order valence-electron chi connectivity index (χ4n) is 0.651. The third-order valence-electron chi connectivity index (χ3n) is 1.10. The Balaban J connectivity index is 2.17. The van der Waals surface area contributed by atoms with E-state index in [1.807, 2.05) is 0 Å². The minimum Gasteiger partial charge on any atom is -0.349 e. The standard InChI is InChI=1S/C5H11O2P/c8-5-6-3-1-2-4-7-5/h5H,1-4,8H2. The maximum absolute atomic E-state index is 5.14. The SMILES string of the molecule is PC1OCCCCO1. The second-order valence-electron chi connectivity index (χ2n) is 1.82. The molecule has 8 heavy (non-hydrogen) atoms. The van der Waals surface area contributed by atoms with Crippen LogP contribution in [0.5, 0.6) is 0 Å². The van der Waals surface area contributed by atoms with Crippen molar-refractivity contribution in [1.82, 2.24) is 0 Å². The molecule has 1 fully saturated rings. The number of hydrogen-bond donors (Lipinski definition) is 0. The van der Waals surface area contributed by atoms with Crippen molar-refractivity contribution in [1.29, 1.82) is 0 Å². The summed E-state index contributed by atoms with van der Waals surface area (Å²) in [6.45, 7) is 1.68. The monoisotopic (exact) mass is 134 g/mol. The highest BCUT2D eigenvalue weighted by Gasteiger charge is 2.04. The number of hydrogen-bond acceptors (Lipinski definition) is 2. The first-order valence-corrected chi connectivity index (χ1v) is 3.55. The first kappa shape index (κ1) is 6.47. The first-order valence-electron chi connectivity index (χ1n) is 2.88. The second-order valence-corrected chi connectivity index (χ2v) is 2.36. The van der Waals surface area contributed by atoms with E-state index in [0.717, 1.165) is 26.1 Å². The first-order chi connectivity index (χ1) is 3.89. The largest absolute Gasteiger partial charge is 0.349 e. The summed E-state index contributed by atoms with van der Waals surface area (Å²) in [4.78, 5) is 0. The third kappa shape index (κ3) is 2.08. The summed E-state index contributed by atoms with van der Waals surface area (Å²) in [5, 5.41) is 0. The second kappa shape index (κ2) is 3.39. The molecule has 0 radical (unpaired) electrons. The van der Waals surface area contributed by atoms with Gasteiger partial charge in [-0.25, -0.2) is 0 Å². The highest BCUT2D eigenvalue weighted by Crippen LogP contribution is 2.09. The Morgan fingerprint density at radius 3 is 2.12 bits per heavy atom. The molecule has 1 heterocycles. The van der Waals surface area contributed by atoms with Crippen LogP contribution < -0.4 is 0 Å². The van der Waals surface area contributed by atoms with Crippen LogP contribution in [0.3, 0.4) is 0 Å². The van der Waals surface area contributed by atoms with Gasteiger partial charge in [0.05, 0.1) is 13.2 Å². The maximum Gasteiger partial charge on any atom is 0.170 e. The fourth-order valence-corrected chi connectivity index (χ4v) is 0.923. The minimum absolute atomic E-state index is 0.0579. The molecule has 1 saturated heterocycles. The summed E-state index contributed by atoms with van der Waals surface area (Å²) < 4.78 is 10.3. The van der Waals surface area contributed by atoms with Crippen LogP contribution in [0.25, 0.3) is 0 Å². The third-order valence-corrected chi connectivity index (χ3v) is 1.49. The van der Waals surface area contributed by atoms with Gasteiger partial charge >= 0.3 is 0 Å². The highest BCUT2D eigenvalue weighted by atomic mass is 31.0. The molecule has 2 nitrogen and oxygen atoms in total. The van der Waals surface area contributed by atoms with Gasteiger partial charge in [-0.05, 0) is 12.8 Å². The molecule has 1 unspecified atom stereocenters. The molecule has 0 aliphatic carbocycles. The molecule has 1 aliphatic rings. The summed E-state index contributed by atoms with van der Waals surface area (Å²) in [5.74, 6) is 0. The zero-order chi connectivity index (χ0) is 5.82. The lowest BCUT2D eigenvalue weighted by molar-refractivity contribution is -0.0627. The van der Waals surface area contributed by atoms with Gasteiger partial charge in [0.2, 0.25) is 0 Å². The van der Waals surface area contributed by atoms with Crippen LogP contribution in [0, 0.1) is 0 Å². The van der Waals surface area contributed by atoms with E-state index in [-0.39, 0.29) is 6.03 Å². The molecule has 1 rings (SSSR count). The summed E-state index contributed by atoms with van der Waals surface area (Å²) in [5.41, 5.74) is 0. The lowest BCUT2D eigenvalue weighted by Crippen LogP contribution is -2.05. The number of rotatable bonds is 0. The molecule has 0 spiro atoms. The van der Waals surface area contributed by atoms with Crippen molar-refractivity contribution in [2.45, 2.75) is 18.9 Å². The van der Waals surface area contributed by atoms with Gasteiger partial charge in [-0.2, -0.15) is 0 Å². The summed E-state index contributed by atoms with van der Waals surface area (Å²) >= 11 is 0. The topological polar surface area (TPSA) is 18.5 Å². The molecule has 0 N–H and O–H groups in total. The number of ether oxygens (including phenoxy) is 2. The predicted octanol–water partition coefficient (Wildman–Crippen LogP) is 0.972. The Kier molecular flexibility index (Phi) is 2.74. The van der Waals surface area contributed by atoms with Crippen LogP contribution in [0.2, 0.25) is 0 Å².